The molecule has 116 valence electrons. The highest BCUT2D eigenvalue weighted by Crippen LogP contribution is 2.15. The van der Waals surface area contributed by atoms with Gasteiger partial charge in [-0.3, -0.25) is 14.9 Å². The Morgan fingerprint density at radius 1 is 1.52 bits per heavy atom. The zero-order valence-corrected chi connectivity index (χ0v) is 12.3. The molecule has 0 radical (unpaired) electrons. The fraction of sp³-hybridized carbons (Fsp3) is 0.538. The summed E-state index contributed by atoms with van der Waals surface area (Å²) in [6.45, 7) is 3.46. The fourth-order valence-corrected chi connectivity index (χ4v) is 1.88. The number of aryl methyl sites for hydroxylation is 1. The molecule has 1 rings (SSSR count). The number of aromatic nitrogens is 1. The van der Waals surface area contributed by atoms with Crippen molar-refractivity contribution >= 4 is 17.6 Å². The average Bonchev–Trinajstić information content (AvgIpc) is 2.78. The topological polar surface area (TPSA) is 103 Å². The number of carbonyl (C=O) groups is 2. The van der Waals surface area contributed by atoms with Gasteiger partial charge < -0.3 is 14.6 Å². The molecule has 0 bridgehead atoms. The highest BCUT2D eigenvalue weighted by atomic mass is 16.6. The van der Waals surface area contributed by atoms with Gasteiger partial charge in [0.05, 0.1) is 11.1 Å². The summed E-state index contributed by atoms with van der Waals surface area (Å²) < 4.78 is 6.14. The predicted octanol–water partition coefficient (Wildman–Crippen LogP) is 1.39. The van der Waals surface area contributed by atoms with Crippen molar-refractivity contribution in [2.75, 3.05) is 6.61 Å². The van der Waals surface area contributed by atoms with Crippen molar-refractivity contribution in [1.29, 1.82) is 0 Å². The average molecular weight is 297 g/mol. The maximum absolute atomic E-state index is 11.8. The molecule has 1 atom stereocenters. The lowest BCUT2D eigenvalue weighted by molar-refractivity contribution is -0.384. The van der Waals surface area contributed by atoms with Crippen molar-refractivity contribution in [2.24, 2.45) is 7.05 Å². The summed E-state index contributed by atoms with van der Waals surface area (Å²) in [4.78, 5) is 33.3. The molecule has 0 spiro atoms. The zero-order valence-electron chi connectivity index (χ0n) is 12.3. The maximum atomic E-state index is 11.8. The highest BCUT2D eigenvalue weighted by molar-refractivity contribution is 5.90. The summed E-state index contributed by atoms with van der Waals surface area (Å²) in [5.41, 5.74) is -0.179. The number of amides is 1. The summed E-state index contributed by atoms with van der Waals surface area (Å²) >= 11 is 0. The summed E-state index contributed by atoms with van der Waals surface area (Å²) in [7, 11) is 1.49. The largest absolute Gasteiger partial charge is 0.451 e. The molecule has 0 fully saturated rings. The van der Waals surface area contributed by atoms with E-state index in [0.717, 1.165) is 18.9 Å². The summed E-state index contributed by atoms with van der Waals surface area (Å²) in [5, 5.41) is 13.3. The van der Waals surface area contributed by atoms with Crippen LogP contribution in [0.1, 0.15) is 37.2 Å². The van der Waals surface area contributed by atoms with Crippen molar-refractivity contribution in [1.82, 2.24) is 9.88 Å². The number of ether oxygens (including phenoxy) is 1. The first kappa shape index (κ1) is 16.7. The van der Waals surface area contributed by atoms with Crippen LogP contribution in [0.25, 0.3) is 0 Å². The Morgan fingerprint density at radius 2 is 2.19 bits per heavy atom. The van der Waals surface area contributed by atoms with Gasteiger partial charge in [-0.2, -0.15) is 0 Å². The number of rotatable bonds is 7. The molecule has 1 heterocycles. The number of nitro groups is 1. The molecule has 1 unspecified atom stereocenters. The van der Waals surface area contributed by atoms with Crippen molar-refractivity contribution in [3.63, 3.8) is 0 Å². The third kappa shape index (κ3) is 4.90. The zero-order chi connectivity index (χ0) is 16.0. The standard InChI is InChI=1S/C13H19N3O5/c1-4-5-9(2)14-12(17)8-21-13(18)11-6-10(16(19)20)7-15(11)3/h6-7,9H,4-5,8H2,1-3H3,(H,14,17). The minimum atomic E-state index is -0.774. The smallest absolute Gasteiger partial charge is 0.355 e. The van der Waals surface area contributed by atoms with Crippen LogP contribution in [0.5, 0.6) is 0 Å². The Balaban J connectivity index is 2.54. The lowest BCUT2D eigenvalue weighted by Gasteiger charge is -2.12. The van der Waals surface area contributed by atoms with Crippen molar-refractivity contribution in [2.45, 2.75) is 32.7 Å². The van der Waals surface area contributed by atoms with Gasteiger partial charge in [0.25, 0.3) is 11.6 Å². The lowest BCUT2D eigenvalue weighted by atomic mass is 10.2. The van der Waals surface area contributed by atoms with E-state index in [2.05, 4.69) is 5.32 Å². The van der Waals surface area contributed by atoms with E-state index in [0.29, 0.717) is 0 Å². The normalized spacial score (nSPS) is 11.8. The molecule has 0 aliphatic heterocycles. The van der Waals surface area contributed by atoms with Gasteiger partial charge in [-0.25, -0.2) is 4.79 Å². The van der Waals surface area contributed by atoms with E-state index < -0.39 is 23.4 Å². The number of carbonyl (C=O) groups excluding carboxylic acids is 2. The molecule has 0 saturated carbocycles. The predicted molar refractivity (Wildman–Crippen MR) is 74.9 cm³/mol. The SMILES string of the molecule is CCCC(C)NC(=O)COC(=O)c1cc([N+](=O)[O-])cn1C. The molecule has 1 N–H and O–H groups in total. The lowest BCUT2D eigenvalue weighted by Crippen LogP contribution is -2.35. The number of nitrogens with zero attached hydrogens (tertiary/aromatic N) is 2. The third-order valence-corrected chi connectivity index (χ3v) is 2.87. The number of hydrogen-bond acceptors (Lipinski definition) is 5. The molecule has 1 amide bonds. The maximum Gasteiger partial charge on any atom is 0.355 e. The first-order valence-electron chi connectivity index (χ1n) is 6.62. The van der Waals surface area contributed by atoms with Gasteiger partial charge in [-0.05, 0) is 13.3 Å². The van der Waals surface area contributed by atoms with Crippen LogP contribution in [0.3, 0.4) is 0 Å². The van der Waals surface area contributed by atoms with E-state index in [9.17, 15) is 19.7 Å². The van der Waals surface area contributed by atoms with Crippen LogP contribution in [0.2, 0.25) is 0 Å². The Kier molecular flexibility index (Phi) is 5.89. The number of esters is 1. The summed E-state index contributed by atoms with van der Waals surface area (Å²) in [6, 6.07) is 1.12. The summed E-state index contributed by atoms with van der Waals surface area (Å²) in [5.74, 6) is -1.17. The van der Waals surface area contributed by atoms with Gasteiger partial charge >= 0.3 is 5.97 Å². The fourth-order valence-electron chi connectivity index (χ4n) is 1.88. The van der Waals surface area contributed by atoms with Crippen LogP contribution in [0.15, 0.2) is 12.3 Å². The van der Waals surface area contributed by atoms with Crippen LogP contribution in [0.4, 0.5) is 5.69 Å². The van der Waals surface area contributed by atoms with Gasteiger partial charge in [0.15, 0.2) is 6.61 Å². The van der Waals surface area contributed by atoms with E-state index >= 15 is 0 Å². The van der Waals surface area contributed by atoms with Crippen LogP contribution < -0.4 is 5.32 Å². The van der Waals surface area contributed by atoms with E-state index in [4.69, 9.17) is 4.74 Å². The van der Waals surface area contributed by atoms with E-state index in [1.54, 1.807) is 0 Å². The molecule has 0 aliphatic carbocycles. The monoisotopic (exact) mass is 297 g/mol. The van der Waals surface area contributed by atoms with Crippen molar-refractivity contribution in [3.8, 4) is 0 Å². The third-order valence-electron chi connectivity index (χ3n) is 2.87. The van der Waals surface area contributed by atoms with Gasteiger partial charge in [-0.15, -0.1) is 0 Å². The van der Waals surface area contributed by atoms with Gasteiger partial charge in [0.1, 0.15) is 5.69 Å². The Labute approximate surface area is 122 Å². The minimum absolute atomic E-state index is 0.0114. The molecule has 0 saturated heterocycles. The van der Waals surface area contributed by atoms with Crippen LogP contribution in [-0.2, 0) is 16.6 Å². The number of hydrogen-bond donors (Lipinski definition) is 1. The molecule has 1 aromatic rings. The van der Waals surface area contributed by atoms with Crippen LogP contribution in [-0.4, -0.2) is 34.0 Å². The first-order valence-corrected chi connectivity index (χ1v) is 6.62. The molecular weight excluding hydrogens is 278 g/mol. The molecule has 8 nitrogen and oxygen atoms in total. The minimum Gasteiger partial charge on any atom is -0.451 e. The molecular formula is C13H19N3O5. The molecule has 0 aliphatic rings. The van der Waals surface area contributed by atoms with Gasteiger partial charge in [0.2, 0.25) is 0 Å². The van der Waals surface area contributed by atoms with E-state index in [-0.39, 0.29) is 17.4 Å². The molecule has 21 heavy (non-hydrogen) atoms. The Hall–Kier alpha value is -2.38. The van der Waals surface area contributed by atoms with Crippen molar-refractivity contribution in [3.05, 3.63) is 28.1 Å². The van der Waals surface area contributed by atoms with Crippen LogP contribution in [0, 0.1) is 10.1 Å². The quantitative estimate of drug-likeness (QED) is 0.465. The number of nitrogens with one attached hydrogen (secondary N) is 1. The van der Waals surface area contributed by atoms with Gasteiger partial charge in [0, 0.05) is 19.2 Å². The highest BCUT2D eigenvalue weighted by Gasteiger charge is 2.19. The van der Waals surface area contributed by atoms with Crippen molar-refractivity contribution < 1.29 is 19.2 Å². The molecule has 8 heteroatoms. The van der Waals surface area contributed by atoms with Gasteiger partial charge in [-0.1, -0.05) is 13.3 Å². The van der Waals surface area contributed by atoms with Crippen LogP contribution >= 0.6 is 0 Å². The second kappa shape index (κ2) is 7.41. The first-order chi connectivity index (χ1) is 9.85. The molecule has 0 aromatic carbocycles. The molecule has 1 aromatic heterocycles. The second-order valence-electron chi connectivity index (χ2n) is 4.78. The second-order valence-corrected chi connectivity index (χ2v) is 4.78. The Morgan fingerprint density at radius 3 is 2.71 bits per heavy atom. The summed E-state index contributed by atoms with van der Waals surface area (Å²) in [6.07, 6.45) is 2.98. The van der Waals surface area contributed by atoms with E-state index in [1.165, 1.54) is 17.8 Å². The van der Waals surface area contributed by atoms with E-state index in [1.807, 2.05) is 13.8 Å². The Bertz CT molecular complexity index is 538.